The summed E-state index contributed by atoms with van der Waals surface area (Å²) >= 11 is 0. The van der Waals surface area contributed by atoms with Crippen molar-refractivity contribution in [2.24, 2.45) is 5.11 Å². The summed E-state index contributed by atoms with van der Waals surface area (Å²) in [5.74, 6) is -1.85. The second-order valence-corrected chi connectivity index (χ2v) is 5.55. The van der Waals surface area contributed by atoms with E-state index in [9.17, 15) is 14.7 Å². The first-order chi connectivity index (χ1) is 9.31. The zero-order valence-electron chi connectivity index (χ0n) is 11.9. The lowest BCUT2D eigenvalue weighted by Gasteiger charge is -2.29. The van der Waals surface area contributed by atoms with E-state index in [1.807, 2.05) is 7.05 Å². The summed E-state index contributed by atoms with van der Waals surface area (Å²) in [5.41, 5.74) is -0.528. The van der Waals surface area contributed by atoms with Crippen LogP contribution in [0.25, 0.3) is 0 Å². The topological polar surface area (TPSA) is 105 Å². The summed E-state index contributed by atoms with van der Waals surface area (Å²) in [7, 11) is 5.30. The molecule has 20 heavy (non-hydrogen) atoms. The van der Waals surface area contributed by atoms with Gasteiger partial charge >= 0.3 is 17.6 Å². The van der Waals surface area contributed by atoms with Gasteiger partial charge in [-0.1, -0.05) is 4.70 Å². The minimum Gasteiger partial charge on any atom is -0.481 e. The molecule has 3 N–H and O–H groups in total. The predicted molar refractivity (Wildman–Crippen MR) is 68.7 cm³/mol. The van der Waals surface area contributed by atoms with E-state index >= 15 is 0 Å². The molecular weight excluding hydrogens is 264 g/mol. The van der Waals surface area contributed by atoms with Crippen LogP contribution in [0.4, 0.5) is 0 Å². The molecule has 4 unspecified atom stereocenters. The Hall–Kier alpha value is -1.54. The third-order valence-electron chi connectivity index (χ3n) is 4.52. The van der Waals surface area contributed by atoms with Gasteiger partial charge in [0.1, 0.15) is 12.1 Å². The lowest BCUT2D eigenvalue weighted by molar-refractivity contribution is -0.493. The van der Waals surface area contributed by atoms with E-state index in [2.05, 4.69) is 10.4 Å². The van der Waals surface area contributed by atoms with Crippen LogP contribution in [0.15, 0.2) is 5.11 Å². The summed E-state index contributed by atoms with van der Waals surface area (Å²) in [6, 6.07) is -1.11. The van der Waals surface area contributed by atoms with E-state index in [0.29, 0.717) is 12.8 Å². The van der Waals surface area contributed by atoms with Crippen molar-refractivity contribution in [3.05, 3.63) is 0 Å². The van der Waals surface area contributed by atoms with E-state index in [-0.39, 0.29) is 18.5 Å². The molecule has 0 bridgehead atoms. The van der Waals surface area contributed by atoms with Crippen molar-refractivity contribution in [3.8, 4) is 0 Å². The number of hydrogen-bond acceptors (Lipinski definition) is 5. The highest BCUT2D eigenvalue weighted by Gasteiger charge is 2.66. The highest BCUT2D eigenvalue weighted by molar-refractivity contribution is 5.74. The van der Waals surface area contributed by atoms with Crippen molar-refractivity contribution in [2.45, 2.75) is 43.1 Å². The number of rotatable bonds is 4. The Morgan fingerprint density at radius 2 is 2.10 bits per heavy atom. The molecule has 8 nitrogen and oxygen atoms in total. The molecule has 0 aromatic heterocycles. The van der Waals surface area contributed by atoms with Gasteiger partial charge in [0.15, 0.2) is 7.05 Å². The number of likely N-dealkylation sites (N-methyl/N-ethyl adjacent to an activating group) is 3. The summed E-state index contributed by atoms with van der Waals surface area (Å²) in [5, 5.41) is 26.0. The first-order valence-electron chi connectivity index (χ1n) is 6.62. The Bertz CT molecular complexity index is 466. The maximum atomic E-state index is 11.5. The maximum Gasteiger partial charge on any atom is 0.350 e. The van der Waals surface area contributed by atoms with Gasteiger partial charge in [-0.15, -0.1) is 0 Å². The van der Waals surface area contributed by atoms with E-state index < -0.39 is 23.6 Å². The molecule has 112 valence electrons. The Labute approximate surface area is 117 Å². The highest BCUT2D eigenvalue weighted by atomic mass is 16.4. The zero-order chi connectivity index (χ0) is 15.1. The van der Waals surface area contributed by atoms with Crippen molar-refractivity contribution in [2.75, 3.05) is 21.1 Å². The van der Waals surface area contributed by atoms with Crippen molar-refractivity contribution in [1.82, 2.24) is 10.2 Å². The van der Waals surface area contributed by atoms with Crippen LogP contribution in [0, 0.1) is 0 Å². The fourth-order valence-electron chi connectivity index (χ4n) is 3.20. The normalized spacial score (nSPS) is 37.4. The van der Waals surface area contributed by atoms with Gasteiger partial charge < -0.3 is 15.5 Å². The molecule has 2 aliphatic heterocycles. The Balaban J connectivity index is 2.29. The number of carbonyl (C=O) groups is 2. The molecule has 8 heteroatoms. The van der Waals surface area contributed by atoms with Gasteiger partial charge in [-0.3, -0.25) is 14.5 Å². The monoisotopic (exact) mass is 285 g/mol. The number of nitrogens with one attached hydrogen (secondary N) is 1. The summed E-state index contributed by atoms with van der Waals surface area (Å²) in [6.45, 7) is 0. The Morgan fingerprint density at radius 3 is 2.50 bits per heavy atom. The first-order valence-corrected chi connectivity index (χ1v) is 6.62. The Morgan fingerprint density at radius 1 is 1.50 bits per heavy atom. The van der Waals surface area contributed by atoms with Gasteiger partial charge in [0.05, 0.1) is 12.8 Å². The lowest BCUT2D eigenvalue weighted by Crippen LogP contribution is -2.46. The molecule has 2 heterocycles. The van der Waals surface area contributed by atoms with E-state index in [1.54, 1.807) is 23.7 Å². The van der Waals surface area contributed by atoms with Crippen LogP contribution in [0.2, 0.25) is 0 Å². The first kappa shape index (κ1) is 14.9. The van der Waals surface area contributed by atoms with Crippen LogP contribution in [0.3, 0.4) is 0 Å². The van der Waals surface area contributed by atoms with E-state index in [1.165, 1.54) is 0 Å². The molecule has 0 radical (unpaired) electrons. The zero-order valence-corrected chi connectivity index (χ0v) is 11.9. The van der Waals surface area contributed by atoms with Crippen molar-refractivity contribution >= 4 is 11.9 Å². The number of aliphatic carboxylic acids is 2. The third-order valence-corrected chi connectivity index (χ3v) is 4.52. The van der Waals surface area contributed by atoms with Crippen LogP contribution < -0.4 is 5.32 Å². The largest absolute Gasteiger partial charge is 0.481 e. The van der Waals surface area contributed by atoms with Crippen molar-refractivity contribution < 1.29 is 24.5 Å². The third kappa shape index (κ3) is 2.40. The van der Waals surface area contributed by atoms with Gasteiger partial charge in [-0.05, 0) is 20.5 Å². The highest BCUT2D eigenvalue weighted by Crippen LogP contribution is 2.41. The molecule has 1 spiro atoms. The number of nitrogens with zero attached hydrogens (tertiary/aromatic N) is 3. The van der Waals surface area contributed by atoms with Crippen LogP contribution in [-0.2, 0) is 9.59 Å². The molecule has 0 saturated carbocycles. The summed E-state index contributed by atoms with van der Waals surface area (Å²) in [6.07, 6.45) is 0.839. The molecule has 0 amide bonds. The van der Waals surface area contributed by atoms with E-state index in [0.717, 1.165) is 0 Å². The average Bonchev–Trinajstić information content (AvgIpc) is 3.02. The van der Waals surface area contributed by atoms with Crippen LogP contribution >= 0.6 is 0 Å². The molecule has 2 rings (SSSR count). The molecule has 0 aromatic rings. The Kier molecular flexibility index (Phi) is 3.79. The number of carboxylic acid groups (broad SMARTS) is 2. The molecule has 0 aromatic carbocycles. The maximum absolute atomic E-state index is 11.5. The molecule has 4 atom stereocenters. The number of hydrogen-bond donors (Lipinski definition) is 3. The predicted octanol–water partition coefficient (Wildman–Crippen LogP) is -0.599. The lowest BCUT2D eigenvalue weighted by atomic mass is 9.93. The SMILES string of the molecule is CNC1CC(CC(=O)O)N(C)C(C(=O)O)CC12N=[N+]2C. The second-order valence-electron chi connectivity index (χ2n) is 5.55. The molecule has 2 aliphatic rings. The van der Waals surface area contributed by atoms with Gasteiger partial charge in [0, 0.05) is 11.2 Å². The van der Waals surface area contributed by atoms with Gasteiger partial charge in [0.2, 0.25) is 0 Å². The average molecular weight is 285 g/mol. The quantitative estimate of drug-likeness (QED) is 0.596. The minimum absolute atomic E-state index is 0.0522. The molecular formula is C12H21N4O4+. The molecule has 0 aliphatic carbocycles. The van der Waals surface area contributed by atoms with Gasteiger partial charge in [0.25, 0.3) is 0 Å². The number of carboxylic acids is 2. The fourth-order valence-corrected chi connectivity index (χ4v) is 3.20. The van der Waals surface area contributed by atoms with Crippen LogP contribution in [0.5, 0.6) is 0 Å². The minimum atomic E-state index is -0.936. The fraction of sp³-hybridized carbons (Fsp3) is 0.833. The van der Waals surface area contributed by atoms with E-state index in [4.69, 9.17) is 5.11 Å². The number of azo groups is 1. The summed E-state index contributed by atoms with van der Waals surface area (Å²) in [4.78, 5) is 24.2. The smallest absolute Gasteiger partial charge is 0.350 e. The van der Waals surface area contributed by atoms with Gasteiger partial charge in [-0.2, -0.15) is 0 Å². The van der Waals surface area contributed by atoms with Crippen molar-refractivity contribution in [1.29, 1.82) is 0 Å². The molecule has 1 saturated heterocycles. The molecule has 1 fully saturated rings. The van der Waals surface area contributed by atoms with Crippen LogP contribution in [0.1, 0.15) is 19.3 Å². The number of likely N-dealkylation sites (tertiary alicyclic amines) is 1. The second kappa shape index (κ2) is 5.10. The summed E-state index contributed by atoms with van der Waals surface area (Å²) < 4.78 is 1.78. The van der Waals surface area contributed by atoms with Crippen molar-refractivity contribution in [3.63, 3.8) is 0 Å². The van der Waals surface area contributed by atoms with Crippen LogP contribution in [-0.4, -0.2) is 76.7 Å². The standard InChI is InChI=1S/C12H20N4O4/c1-13-9-4-7(5-10(17)18)15(2)8(11(19)20)6-12(9)14-16(12)3/h7-9,13H,4-6H2,1-3H3,(H-,17,18,19,20)/p+1. The van der Waals surface area contributed by atoms with Gasteiger partial charge in [-0.25, -0.2) is 0 Å².